The molecule has 0 bridgehead atoms. The van der Waals surface area contributed by atoms with Gasteiger partial charge >= 0.3 is 6.18 Å². The number of allylic oxidation sites excluding steroid dienone is 1. The van der Waals surface area contributed by atoms with Gasteiger partial charge in [0, 0.05) is 6.61 Å². The molecule has 0 heterocycles. The molecule has 3 nitrogen and oxygen atoms in total. The van der Waals surface area contributed by atoms with E-state index in [9.17, 15) is 13.2 Å². The summed E-state index contributed by atoms with van der Waals surface area (Å²) in [6.45, 7) is 5.59. The minimum Gasteiger partial charge on any atom is -0.493 e. The third-order valence-corrected chi connectivity index (χ3v) is 4.91. The quantitative estimate of drug-likeness (QED) is 0.242. The van der Waals surface area contributed by atoms with E-state index in [0.717, 1.165) is 54.4 Å². The zero-order valence-corrected chi connectivity index (χ0v) is 19.9. The molecule has 0 amide bonds. The molecule has 1 aromatic carbocycles. The van der Waals surface area contributed by atoms with Crippen LogP contribution in [0, 0.1) is 6.92 Å². The first-order valence-corrected chi connectivity index (χ1v) is 11.2. The van der Waals surface area contributed by atoms with Crippen molar-refractivity contribution in [3.63, 3.8) is 0 Å². The zero-order chi connectivity index (χ0) is 23.3. The number of ether oxygens (including phenoxy) is 3. The number of alkyl halides is 3. The van der Waals surface area contributed by atoms with Gasteiger partial charge in [-0.15, -0.1) is 0 Å². The summed E-state index contributed by atoms with van der Waals surface area (Å²) in [5, 5.41) is -1.11. The van der Waals surface area contributed by atoms with E-state index in [4.69, 9.17) is 49.0 Å². The number of unbranched alkanes of at least 4 members (excludes halogenated alkanes) is 2. The number of halogens is 6. The summed E-state index contributed by atoms with van der Waals surface area (Å²) in [4.78, 5) is 0. The minimum atomic E-state index is -4.49. The zero-order valence-electron chi connectivity index (χ0n) is 17.7. The molecule has 176 valence electrons. The molecular weight excluding hydrogens is 476 g/mol. The summed E-state index contributed by atoms with van der Waals surface area (Å²) in [5.74, 6) is 1.60. The first-order valence-electron chi connectivity index (χ1n) is 10.1. The van der Waals surface area contributed by atoms with Crippen molar-refractivity contribution < 1.29 is 27.4 Å². The second-order valence-electron chi connectivity index (χ2n) is 6.75. The molecule has 0 radical (unpaired) electrons. The van der Waals surface area contributed by atoms with Crippen LogP contribution >= 0.6 is 34.8 Å². The number of hydrogen-bond acceptors (Lipinski definition) is 3. The van der Waals surface area contributed by atoms with Crippen LogP contribution < -0.4 is 9.47 Å². The topological polar surface area (TPSA) is 27.7 Å². The average molecular weight is 504 g/mol. The van der Waals surface area contributed by atoms with Gasteiger partial charge in [-0.25, -0.2) is 0 Å². The maximum Gasteiger partial charge on any atom is 0.426 e. The van der Waals surface area contributed by atoms with Gasteiger partial charge in [-0.3, -0.25) is 0 Å². The summed E-state index contributed by atoms with van der Waals surface area (Å²) in [7, 11) is 0. The van der Waals surface area contributed by atoms with Crippen molar-refractivity contribution in [3.05, 3.63) is 44.9 Å². The molecule has 0 N–H and O–H groups in total. The van der Waals surface area contributed by atoms with Crippen LogP contribution in [0.15, 0.2) is 33.8 Å². The van der Waals surface area contributed by atoms with E-state index >= 15 is 0 Å². The molecule has 0 aliphatic carbocycles. The molecule has 0 spiro atoms. The number of aryl methyl sites for hydroxylation is 2. The monoisotopic (exact) mass is 502 g/mol. The molecular formula is C22H28Cl3F3O3. The Labute approximate surface area is 197 Å². The Hall–Kier alpha value is -1.08. The average Bonchev–Trinajstić information content (AvgIpc) is 2.69. The van der Waals surface area contributed by atoms with Crippen LogP contribution in [0.3, 0.4) is 0 Å². The second-order valence-corrected chi connectivity index (χ2v) is 8.16. The lowest BCUT2D eigenvalue weighted by Gasteiger charge is -2.15. The Morgan fingerprint density at radius 2 is 1.68 bits per heavy atom. The maximum absolute atomic E-state index is 12.2. The Bertz CT molecular complexity index is 731. The maximum atomic E-state index is 12.2. The summed E-state index contributed by atoms with van der Waals surface area (Å²) in [6.07, 6.45) is 1.52. The molecule has 0 fully saturated rings. The first-order chi connectivity index (χ1) is 14.6. The van der Waals surface area contributed by atoms with Gasteiger partial charge in [0.15, 0.2) is 0 Å². The van der Waals surface area contributed by atoms with E-state index in [1.54, 1.807) is 6.08 Å². The molecule has 9 heteroatoms. The minimum absolute atomic E-state index is 0.134. The first kappa shape index (κ1) is 28.0. The van der Waals surface area contributed by atoms with Crippen molar-refractivity contribution in [2.24, 2.45) is 0 Å². The predicted molar refractivity (Wildman–Crippen MR) is 121 cm³/mol. The largest absolute Gasteiger partial charge is 0.493 e. The third-order valence-electron chi connectivity index (χ3n) is 4.23. The molecule has 1 rings (SSSR count). The smallest absolute Gasteiger partial charge is 0.426 e. The summed E-state index contributed by atoms with van der Waals surface area (Å²) in [6, 6.07) is 3.86. The fourth-order valence-electron chi connectivity index (χ4n) is 2.71. The highest BCUT2D eigenvalue weighted by atomic mass is 35.5. The van der Waals surface area contributed by atoms with Crippen LogP contribution in [0.1, 0.15) is 43.7 Å². The Morgan fingerprint density at radius 1 is 0.968 bits per heavy atom. The van der Waals surface area contributed by atoms with E-state index < -0.39 is 11.2 Å². The van der Waals surface area contributed by atoms with Crippen LogP contribution in [-0.2, 0) is 11.2 Å². The van der Waals surface area contributed by atoms with Crippen LogP contribution in [-0.4, -0.2) is 32.6 Å². The van der Waals surface area contributed by atoms with Crippen molar-refractivity contribution >= 4 is 34.8 Å². The summed E-state index contributed by atoms with van der Waals surface area (Å²) in [5.41, 5.74) is 2.05. The van der Waals surface area contributed by atoms with E-state index in [0.29, 0.717) is 19.8 Å². The van der Waals surface area contributed by atoms with Gasteiger partial charge in [0.1, 0.15) is 27.6 Å². The third kappa shape index (κ3) is 11.9. The Kier molecular flexibility index (Phi) is 13.4. The second kappa shape index (κ2) is 14.9. The van der Waals surface area contributed by atoms with Crippen molar-refractivity contribution in [1.82, 2.24) is 0 Å². The predicted octanol–water partition coefficient (Wildman–Crippen LogP) is 7.90. The van der Waals surface area contributed by atoms with E-state index in [2.05, 4.69) is 6.92 Å². The summed E-state index contributed by atoms with van der Waals surface area (Å²) < 4.78 is 53.8. The van der Waals surface area contributed by atoms with Crippen LogP contribution in [0.2, 0.25) is 0 Å². The van der Waals surface area contributed by atoms with Crippen molar-refractivity contribution in [2.75, 3.05) is 26.4 Å². The Morgan fingerprint density at radius 3 is 2.32 bits per heavy atom. The number of hydrogen-bond donors (Lipinski definition) is 0. The number of rotatable bonds is 14. The summed E-state index contributed by atoms with van der Waals surface area (Å²) >= 11 is 16.3. The molecule has 31 heavy (non-hydrogen) atoms. The molecule has 0 atom stereocenters. The Balaban J connectivity index is 2.29. The van der Waals surface area contributed by atoms with Crippen LogP contribution in [0.4, 0.5) is 13.2 Å². The van der Waals surface area contributed by atoms with Crippen molar-refractivity contribution in [1.29, 1.82) is 0 Å². The van der Waals surface area contributed by atoms with Crippen LogP contribution in [0.25, 0.3) is 0 Å². The highest BCUT2D eigenvalue weighted by molar-refractivity contribution is 6.55. The highest BCUT2D eigenvalue weighted by Crippen LogP contribution is 2.30. The molecule has 0 aliphatic heterocycles. The van der Waals surface area contributed by atoms with E-state index in [1.165, 1.54) is 0 Å². The molecule has 0 unspecified atom stereocenters. The van der Waals surface area contributed by atoms with Crippen molar-refractivity contribution in [2.45, 2.75) is 52.1 Å². The van der Waals surface area contributed by atoms with Gasteiger partial charge in [0.05, 0.1) is 13.2 Å². The SMILES string of the molecule is CCc1cc(OCC=C(Cl)Cl)cc(C)c1OCCCCCOCC/C=C(\Cl)C(F)(F)F. The lowest BCUT2D eigenvalue weighted by atomic mass is 10.1. The van der Waals surface area contributed by atoms with Gasteiger partial charge in [-0.2, -0.15) is 13.2 Å². The van der Waals surface area contributed by atoms with Crippen LogP contribution in [0.5, 0.6) is 11.5 Å². The standard InChI is InChI=1S/C22H28Cl3F3O3/c1-3-17-15-18(30-13-9-20(24)25)14-16(2)21(17)31-12-6-4-5-10-29-11-7-8-19(23)22(26,27)28/h8-9,14-15H,3-7,10-13H2,1-2H3/b19-8-. The molecule has 1 aromatic rings. The normalized spacial score (nSPS) is 12.1. The lowest BCUT2D eigenvalue weighted by molar-refractivity contribution is -0.0848. The molecule has 0 saturated carbocycles. The van der Waals surface area contributed by atoms with Gasteiger partial charge in [-0.05, 0) is 68.4 Å². The number of benzene rings is 1. The van der Waals surface area contributed by atoms with Gasteiger partial charge in [0.2, 0.25) is 0 Å². The van der Waals surface area contributed by atoms with Gasteiger partial charge < -0.3 is 14.2 Å². The van der Waals surface area contributed by atoms with Gasteiger partial charge in [-0.1, -0.05) is 47.8 Å². The molecule has 0 aromatic heterocycles. The molecule has 0 saturated heterocycles. The van der Waals surface area contributed by atoms with E-state index in [1.807, 2.05) is 19.1 Å². The van der Waals surface area contributed by atoms with Crippen molar-refractivity contribution in [3.8, 4) is 11.5 Å². The van der Waals surface area contributed by atoms with Gasteiger partial charge in [0.25, 0.3) is 0 Å². The lowest BCUT2D eigenvalue weighted by Crippen LogP contribution is -2.07. The molecule has 0 aliphatic rings. The fraction of sp³-hybridized carbons (Fsp3) is 0.545. The van der Waals surface area contributed by atoms with E-state index in [-0.39, 0.29) is 17.5 Å². The fourth-order valence-corrected chi connectivity index (χ4v) is 2.94. The highest BCUT2D eigenvalue weighted by Gasteiger charge is 2.31.